The summed E-state index contributed by atoms with van der Waals surface area (Å²) in [6, 6.07) is 13.1. The van der Waals surface area contributed by atoms with Gasteiger partial charge in [0.2, 0.25) is 10.0 Å². The average molecular weight is 546 g/mol. The summed E-state index contributed by atoms with van der Waals surface area (Å²) < 4.78 is 49.0. The van der Waals surface area contributed by atoms with Crippen LogP contribution in [0.25, 0.3) is 0 Å². The summed E-state index contributed by atoms with van der Waals surface area (Å²) in [4.78, 5) is 24.0. The van der Waals surface area contributed by atoms with Crippen molar-refractivity contribution in [2.24, 2.45) is 0 Å². The molecule has 0 saturated carbocycles. The summed E-state index contributed by atoms with van der Waals surface area (Å²) in [6.07, 6.45) is -0.0237. The van der Waals surface area contributed by atoms with E-state index in [0.29, 0.717) is 28.2 Å². The van der Waals surface area contributed by atoms with Crippen LogP contribution in [0.5, 0.6) is 5.75 Å². The number of nitrogens with zero attached hydrogens (tertiary/aromatic N) is 1. The van der Waals surface area contributed by atoms with Gasteiger partial charge in [0.25, 0.3) is 0 Å². The number of para-hydroxylation sites is 1. The van der Waals surface area contributed by atoms with E-state index in [0.717, 1.165) is 16.9 Å². The Bertz CT molecular complexity index is 1450. The molecule has 0 amide bonds. The fraction of sp³-hybridized carbons (Fsp3) is 0.333. The van der Waals surface area contributed by atoms with Crippen LogP contribution in [0, 0.1) is 12.7 Å². The van der Waals surface area contributed by atoms with Crippen molar-refractivity contribution < 1.29 is 32.2 Å². The number of Topliss-reactive ketones (excluding diaryl/α,β-unsaturated/α-hetero) is 1. The SMILES string of the molecule is CC[C@@H]1CN(Cc2cc(C(CC(=O)O)c3cc(F)c(C(C)=O)s3)ccc2C)S(=O)(=O)c2ccccc2O1. The second-order valence-corrected chi connectivity index (χ2v) is 12.1. The van der Waals surface area contributed by atoms with Crippen molar-refractivity contribution >= 4 is 33.1 Å². The first-order valence-corrected chi connectivity index (χ1v) is 14.1. The first-order chi connectivity index (χ1) is 17.5. The molecule has 3 aromatic rings. The lowest BCUT2D eigenvalue weighted by Gasteiger charge is -2.24. The number of carbonyl (C=O) groups is 2. The van der Waals surface area contributed by atoms with Crippen LogP contribution in [0.15, 0.2) is 53.4 Å². The lowest BCUT2D eigenvalue weighted by molar-refractivity contribution is -0.137. The lowest BCUT2D eigenvalue weighted by Crippen LogP contribution is -2.36. The molecule has 1 aliphatic rings. The summed E-state index contributed by atoms with van der Waals surface area (Å²) in [5.74, 6) is -2.54. The molecular weight excluding hydrogens is 517 g/mol. The fourth-order valence-electron chi connectivity index (χ4n) is 4.43. The van der Waals surface area contributed by atoms with E-state index in [-0.39, 0.29) is 35.4 Å². The number of halogens is 1. The van der Waals surface area contributed by atoms with Crippen LogP contribution in [0.2, 0.25) is 0 Å². The maximum atomic E-state index is 14.4. The number of hydrogen-bond donors (Lipinski definition) is 1. The maximum Gasteiger partial charge on any atom is 0.304 e. The first kappa shape index (κ1) is 27.0. The summed E-state index contributed by atoms with van der Waals surface area (Å²) in [7, 11) is -3.86. The van der Waals surface area contributed by atoms with Gasteiger partial charge in [0.05, 0.1) is 13.0 Å². The van der Waals surface area contributed by atoms with Crippen LogP contribution in [0.4, 0.5) is 4.39 Å². The Kier molecular flexibility index (Phi) is 7.82. The Hall–Kier alpha value is -3.08. The van der Waals surface area contributed by atoms with E-state index in [4.69, 9.17) is 4.74 Å². The zero-order chi connectivity index (χ0) is 26.9. The van der Waals surface area contributed by atoms with Crippen LogP contribution in [0.1, 0.15) is 63.8 Å². The fourth-order valence-corrected chi connectivity index (χ4v) is 7.06. The topological polar surface area (TPSA) is 101 Å². The molecule has 1 N–H and O–H groups in total. The number of aryl methyl sites for hydroxylation is 1. The molecule has 2 aromatic carbocycles. The number of rotatable bonds is 8. The van der Waals surface area contributed by atoms with E-state index >= 15 is 0 Å². The highest BCUT2D eigenvalue weighted by Crippen LogP contribution is 2.37. The quantitative estimate of drug-likeness (QED) is 0.382. The van der Waals surface area contributed by atoms with E-state index in [1.54, 1.807) is 30.3 Å². The predicted molar refractivity (Wildman–Crippen MR) is 138 cm³/mol. The maximum absolute atomic E-state index is 14.4. The lowest BCUT2D eigenvalue weighted by atomic mass is 9.91. The summed E-state index contributed by atoms with van der Waals surface area (Å²) in [5, 5.41) is 9.57. The van der Waals surface area contributed by atoms with Crippen molar-refractivity contribution in [3.05, 3.63) is 80.8 Å². The Labute approximate surface area is 219 Å². The van der Waals surface area contributed by atoms with Gasteiger partial charge in [-0.15, -0.1) is 11.3 Å². The van der Waals surface area contributed by atoms with Crippen LogP contribution in [-0.2, 0) is 21.4 Å². The Morgan fingerprint density at radius 3 is 2.59 bits per heavy atom. The minimum Gasteiger partial charge on any atom is -0.488 e. The molecule has 0 radical (unpaired) electrons. The molecule has 0 saturated heterocycles. The molecule has 196 valence electrons. The number of fused-ring (bicyclic) bond motifs is 1. The van der Waals surface area contributed by atoms with Crippen molar-refractivity contribution in [3.8, 4) is 5.75 Å². The monoisotopic (exact) mass is 545 g/mol. The molecule has 2 heterocycles. The zero-order valence-electron chi connectivity index (χ0n) is 20.7. The number of benzene rings is 2. The van der Waals surface area contributed by atoms with E-state index in [1.165, 1.54) is 23.4 Å². The van der Waals surface area contributed by atoms with E-state index in [1.807, 2.05) is 19.9 Å². The molecule has 10 heteroatoms. The summed E-state index contributed by atoms with van der Waals surface area (Å²) >= 11 is 0.946. The van der Waals surface area contributed by atoms with Crippen molar-refractivity contribution in [3.63, 3.8) is 0 Å². The average Bonchev–Trinajstić information content (AvgIpc) is 3.19. The molecule has 4 rings (SSSR count). The molecule has 0 fully saturated rings. The number of carbonyl (C=O) groups excluding carboxylic acids is 1. The third-order valence-corrected chi connectivity index (χ3v) is 9.67. The van der Waals surface area contributed by atoms with Crippen LogP contribution < -0.4 is 4.74 Å². The highest BCUT2D eigenvalue weighted by molar-refractivity contribution is 7.89. The molecular formula is C27H28FNO6S2. The van der Waals surface area contributed by atoms with Crippen molar-refractivity contribution in [1.29, 1.82) is 0 Å². The van der Waals surface area contributed by atoms with Gasteiger partial charge in [-0.2, -0.15) is 4.31 Å². The summed E-state index contributed by atoms with van der Waals surface area (Å²) in [5.41, 5.74) is 2.14. The van der Waals surface area contributed by atoms with Gasteiger partial charge >= 0.3 is 5.97 Å². The second kappa shape index (κ2) is 10.7. The van der Waals surface area contributed by atoms with Gasteiger partial charge in [-0.3, -0.25) is 9.59 Å². The molecule has 2 atom stereocenters. The second-order valence-electron chi connectivity index (χ2n) is 9.11. The molecule has 0 spiro atoms. The largest absolute Gasteiger partial charge is 0.488 e. The normalized spacial score (nSPS) is 17.9. The van der Waals surface area contributed by atoms with E-state index in [9.17, 15) is 27.5 Å². The van der Waals surface area contributed by atoms with Crippen LogP contribution in [0.3, 0.4) is 0 Å². The standard InChI is InChI=1S/C27H28FNO6S2/c1-4-20-15-29(37(33,34)25-8-6-5-7-23(25)35-20)14-19-11-18(10-9-16(19)2)21(12-26(31)32)24-13-22(28)27(36-24)17(3)30/h5-11,13,20-21H,4,12,14-15H2,1-3H3,(H,31,32)/t20-,21?/m1/s1. The van der Waals surface area contributed by atoms with Crippen molar-refractivity contribution in [2.45, 2.75) is 57.1 Å². The minimum absolute atomic E-state index is 0.0438. The van der Waals surface area contributed by atoms with Gasteiger partial charge in [-0.25, -0.2) is 12.8 Å². The number of hydrogen-bond acceptors (Lipinski definition) is 6. The Morgan fingerprint density at radius 1 is 1.22 bits per heavy atom. The van der Waals surface area contributed by atoms with Crippen molar-refractivity contribution in [1.82, 2.24) is 4.31 Å². The van der Waals surface area contributed by atoms with Gasteiger partial charge in [-0.1, -0.05) is 37.3 Å². The third-order valence-electron chi connectivity index (χ3n) is 6.49. The molecule has 1 unspecified atom stereocenters. The van der Waals surface area contributed by atoms with Gasteiger partial charge < -0.3 is 9.84 Å². The first-order valence-electron chi connectivity index (χ1n) is 11.9. The summed E-state index contributed by atoms with van der Waals surface area (Å²) in [6.45, 7) is 5.28. The molecule has 1 aromatic heterocycles. The molecule has 7 nitrogen and oxygen atoms in total. The number of ether oxygens (including phenoxy) is 1. The van der Waals surface area contributed by atoms with Gasteiger partial charge in [0.15, 0.2) is 5.78 Å². The van der Waals surface area contributed by atoms with Crippen LogP contribution in [-0.4, -0.2) is 42.2 Å². The number of thiophene rings is 1. The molecule has 0 bridgehead atoms. The van der Waals surface area contributed by atoms with Crippen molar-refractivity contribution in [2.75, 3.05) is 6.54 Å². The molecule has 0 aliphatic carbocycles. The number of carboxylic acids is 1. The van der Waals surface area contributed by atoms with E-state index in [2.05, 4.69) is 0 Å². The number of carboxylic acid groups (broad SMARTS) is 1. The number of sulfonamides is 1. The zero-order valence-corrected chi connectivity index (χ0v) is 22.4. The minimum atomic E-state index is -3.86. The Morgan fingerprint density at radius 2 is 1.95 bits per heavy atom. The Balaban J connectivity index is 1.74. The number of ketones is 1. The molecule has 1 aliphatic heterocycles. The predicted octanol–water partition coefficient (Wildman–Crippen LogP) is 5.37. The number of aliphatic carboxylic acids is 1. The highest BCUT2D eigenvalue weighted by Gasteiger charge is 2.34. The van der Waals surface area contributed by atoms with Gasteiger partial charge in [0, 0.05) is 24.3 Å². The van der Waals surface area contributed by atoms with Crippen LogP contribution >= 0.6 is 11.3 Å². The van der Waals surface area contributed by atoms with Gasteiger partial charge in [-0.05, 0) is 48.2 Å². The highest BCUT2D eigenvalue weighted by atomic mass is 32.2. The molecule has 37 heavy (non-hydrogen) atoms. The smallest absolute Gasteiger partial charge is 0.304 e. The van der Waals surface area contributed by atoms with E-state index < -0.39 is 33.5 Å². The third kappa shape index (κ3) is 5.61. The van der Waals surface area contributed by atoms with Gasteiger partial charge in [0.1, 0.15) is 27.4 Å².